The number of esters is 1. The molecule has 3 aliphatic rings. The quantitative estimate of drug-likeness (QED) is 0.215. The SMILES string of the molecule is C=CCCCOC(=O)[C@@H]1[C@@H]2CCC3(S2)C(C(=O)N(CC=C)CCCCC)N(CCCO)C(=O)[C@H]13. The standard InChI is InChI=1S/C26H40N2O5S/c1-4-7-9-15-27(14-6-3)24(31)22-26-13-12-19(34-26)20(25(32)33-18-10-8-5-2)21(26)23(30)28(22)16-11-17-29/h5-6,19-22,29H,2-4,7-18H2,1H3/t19-,20+,21-,22?,26?/m0/s1. The van der Waals surface area contributed by atoms with Crippen LogP contribution in [-0.4, -0.2) is 81.6 Å². The summed E-state index contributed by atoms with van der Waals surface area (Å²) in [5.41, 5.74) is 0. The Labute approximate surface area is 208 Å². The number of rotatable bonds is 15. The van der Waals surface area contributed by atoms with Gasteiger partial charge in [0.1, 0.15) is 6.04 Å². The first-order valence-corrected chi connectivity index (χ1v) is 13.6. The van der Waals surface area contributed by atoms with E-state index >= 15 is 0 Å². The summed E-state index contributed by atoms with van der Waals surface area (Å²) < 4.78 is 4.97. The summed E-state index contributed by atoms with van der Waals surface area (Å²) in [6, 6.07) is -0.619. The van der Waals surface area contributed by atoms with Gasteiger partial charge in [0, 0.05) is 31.5 Å². The van der Waals surface area contributed by atoms with Gasteiger partial charge in [-0.25, -0.2) is 0 Å². The summed E-state index contributed by atoms with van der Waals surface area (Å²) in [6.45, 7) is 11.3. The zero-order valence-electron chi connectivity index (χ0n) is 20.5. The maximum Gasteiger partial charge on any atom is 0.310 e. The number of carbonyl (C=O) groups excluding carboxylic acids is 3. The number of allylic oxidation sites excluding steroid dienone is 1. The Kier molecular flexibility index (Phi) is 9.65. The molecule has 1 spiro atoms. The molecule has 0 radical (unpaired) electrons. The normalized spacial score (nSPS) is 29.2. The van der Waals surface area contributed by atoms with E-state index in [1.807, 2.05) is 4.90 Å². The highest BCUT2D eigenvalue weighted by Crippen LogP contribution is 2.66. The minimum Gasteiger partial charge on any atom is -0.465 e. The van der Waals surface area contributed by atoms with Crippen LogP contribution in [0.5, 0.6) is 0 Å². The van der Waals surface area contributed by atoms with Crippen molar-refractivity contribution in [3.05, 3.63) is 25.3 Å². The van der Waals surface area contributed by atoms with Crippen molar-refractivity contribution in [2.45, 2.75) is 74.3 Å². The van der Waals surface area contributed by atoms with Gasteiger partial charge >= 0.3 is 5.97 Å². The summed E-state index contributed by atoms with van der Waals surface area (Å²) in [5.74, 6) is -1.57. The van der Waals surface area contributed by atoms with E-state index in [9.17, 15) is 19.5 Å². The zero-order chi connectivity index (χ0) is 24.7. The second kappa shape index (κ2) is 12.2. The van der Waals surface area contributed by atoms with Crippen LogP contribution in [0, 0.1) is 11.8 Å². The van der Waals surface area contributed by atoms with Crippen LogP contribution in [0.25, 0.3) is 0 Å². The molecule has 2 unspecified atom stereocenters. The second-order valence-corrected chi connectivity index (χ2v) is 11.1. The molecule has 8 heteroatoms. The van der Waals surface area contributed by atoms with Crippen molar-refractivity contribution in [1.29, 1.82) is 0 Å². The molecule has 34 heavy (non-hydrogen) atoms. The Bertz CT molecular complexity index is 774. The zero-order valence-corrected chi connectivity index (χ0v) is 21.3. The molecule has 3 fully saturated rings. The number of hydrogen-bond acceptors (Lipinski definition) is 6. The molecule has 1 N–H and O–H groups in total. The fourth-order valence-electron chi connectivity index (χ4n) is 5.85. The molecule has 0 aromatic heterocycles. The maximum atomic E-state index is 14.0. The number of thioether (sulfide) groups is 1. The van der Waals surface area contributed by atoms with Gasteiger partial charge in [0.2, 0.25) is 11.8 Å². The molecule has 3 rings (SSSR count). The average molecular weight is 493 g/mol. The Morgan fingerprint density at radius 2 is 2.06 bits per heavy atom. The van der Waals surface area contributed by atoms with Gasteiger partial charge in [0.25, 0.3) is 0 Å². The number of aliphatic hydroxyl groups is 1. The summed E-state index contributed by atoms with van der Waals surface area (Å²) in [5, 5.41) is 9.46. The van der Waals surface area contributed by atoms with Crippen molar-refractivity contribution in [2.24, 2.45) is 11.8 Å². The van der Waals surface area contributed by atoms with Gasteiger partial charge in [0.05, 0.1) is 23.2 Å². The fourth-order valence-corrected chi connectivity index (χ4v) is 8.05. The van der Waals surface area contributed by atoms with Crippen molar-refractivity contribution in [2.75, 3.05) is 32.8 Å². The van der Waals surface area contributed by atoms with E-state index in [1.54, 1.807) is 28.8 Å². The number of aliphatic hydroxyl groups excluding tert-OH is 1. The fraction of sp³-hybridized carbons (Fsp3) is 0.731. The number of unbranched alkanes of at least 4 members (excludes halogenated alkanes) is 3. The van der Waals surface area contributed by atoms with Gasteiger partial charge in [-0.05, 0) is 38.5 Å². The highest BCUT2D eigenvalue weighted by atomic mass is 32.2. The summed E-state index contributed by atoms with van der Waals surface area (Å²) in [6.07, 6.45) is 9.94. The minimum absolute atomic E-state index is 0.00379. The molecule has 3 saturated heterocycles. The monoisotopic (exact) mass is 492 g/mol. The Morgan fingerprint density at radius 3 is 2.74 bits per heavy atom. The maximum absolute atomic E-state index is 14.0. The summed E-state index contributed by atoms with van der Waals surface area (Å²) >= 11 is 1.66. The molecule has 7 nitrogen and oxygen atoms in total. The van der Waals surface area contributed by atoms with E-state index in [0.29, 0.717) is 39.1 Å². The number of carbonyl (C=O) groups is 3. The van der Waals surface area contributed by atoms with Crippen molar-refractivity contribution < 1.29 is 24.2 Å². The first-order chi connectivity index (χ1) is 16.5. The van der Waals surface area contributed by atoms with E-state index in [1.165, 1.54) is 0 Å². The topological polar surface area (TPSA) is 87.2 Å². The summed E-state index contributed by atoms with van der Waals surface area (Å²) in [4.78, 5) is 44.3. The highest BCUT2D eigenvalue weighted by Gasteiger charge is 2.74. The lowest BCUT2D eigenvalue weighted by Crippen LogP contribution is -2.55. The van der Waals surface area contributed by atoms with Crippen molar-refractivity contribution in [1.82, 2.24) is 9.80 Å². The molecule has 3 heterocycles. The van der Waals surface area contributed by atoms with Crippen molar-refractivity contribution >= 4 is 29.5 Å². The lowest BCUT2D eigenvalue weighted by Gasteiger charge is -2.37. The van der Waals surface area contributed by atoms with Crippen molar-refractivity contribution in [3.8, 4) is 0 Å². The average Bonchev–Trinajstić information content (AvgIpc) is 3.47. The summed E-state index contributed by atoms with van der Waals surface area (Å²) in [7, 11) is 0. The van der Waals surface area contributed by atoms with E-state index in [2.05, 4.69) is 20.1 Å². The first-order valence-electron chi connectivity index (χ1n) is 12.7. The van der Waals surface area contributed by atoms with Gasteiger partial charge in [-0.2, -0.15) is 0 Å². The number of amides is 2. The molecule has 0 saturated carbocycles. The molecule has 5 atom stereocenters. The molecule has 3 aliphatic heterocycles. The number of nitrogens with zero attached hydrogens (tertiary/aromatic N) is 2. The van der Waals surface area contributed by atoms with Crippen LogP contribution in [-0.2, 0) is 19.1 Å². The number of fused-ring (bicyclic) bond motifs is 1. The van der Waals surface area contributed by atoms with Crippen molar-refractivity contribution in [3.63, 3.8) is 0 Å². The largest absolute Gasteiger partial charge is 0.465 e. The molecule has 0 aromatic carbocycles. The first kappa shape index (κ1) is 26.8. The van der Waals surface area contributed by atoms with Gasteiger partial charge < -0.3 is 19.6 Å². The van der Waals surface area contributed by atoms with E-state index in [4.69, 9.17) is 4.74 Å². The molecule has 2 bridgehead atoms. The van der Waals surface area contributed by atoms with Crippen LogP contribution in [0.15, 0.2) is 25.3 Å². The van der Waals surface area contributed by atoms with E-state index in [-0.39, 0.29) is 29.6 Å². The van der Waals surface area contributed by atoms with Gasteiger partial charge in [-0.15, -0.1) is 24.9 Å². The third kappa shape index (κ3) is 5.08. The molecular formula is C26H40N2O5S. The highest BCUT2D eigenvalue weighted by molar-refractivity contribution is 8.02. The molecule has 190 valence electrons. The predicted molar refractivity (Wildman–Crippen MR) is 134 cm³/mol. The van der Waals surface area contributed by atoms with Crippen LogP contribution in [0.2, 0.25) is 0 Å². The van der Waals surface area contributed by atoms with Gasteiger partial charge in [-0.1, -0.05) is 31.9 Å². The van der Waals surface area contributed by atoms with Crippen LogP contribution in [0.1, 0.15) is 58.3 Å². The number of ether oxygens (including phenoxy) is 1. The minimum atomic E-state index is -0.619. The Hall–Kier alpha value is -1.80. The number of hydrogen-bond donors (Lipinski definition) is 1. The Balaban J connectivity index is 1.88. The predicted octanol–water partition coefficient (Wildman–Crippen LogP) is 3.17. The van der Waals surface area contributed by atoms with Crippen LogP contribution in [0.3, 0.4) is 0 Å². The second-order valence-electron chi connectivity index (χ2n) is 9.54. The van der Waals surface area contributed by atoms with Crippen LogP contribution < -0.4 is 0 Å². The third-order valence-electron chi connectivity index (χ3n) is 7.35. The Morgan fingerprint density at radius 1 is 1.26 bits per heavy atom. The third-order valence-corrected chi connectivity index (χ3v) is 9.30. The van der Waals surface area contributed by atoms with Gasteiger partial charge in [0.15, 0.2) is 0 Å². The van der Waals surface area contributed by atoms with Gasteiger partial charge in [-0.3, -0.25) is 14.4 Å². The van der Waals surface area contributed by atoms with Crippen LogP contribution >= 0.6 is 11.8 Å². The lowest BCUT2D eigenvalue weighted by atomic mass is 9.71. The molecule has 0 aromatic rings. The van der Waals surface area contributed by atoms with Crippen LogP contribution in [0.4, 0.5) is 0 Å². The molecular weight excluding hydrogens is 452 g/mol. The molecule has 0 aliphatic carbocycles. The van der Waals surface area contributed by atoms with E-state index in [0.717, 1.165) is 38.5 Å². The smallest absolute Gasteiger partial charge is 0.310 e. The van der Waals surface area contributed by atoms with E-state index < -0.39 is 22.6 Å². The molecule has 2 amide bonds. The number of likely N-dealkylation sites (tertiary alicyclic amines) is 1. The lowest BCUT2D eigenvalue weighted by molar-refractivity contribution is -0.154.